The summed E-state index contributed by atoms with van der Waals surface area (Å²) in [6.45, 7) is 8.58. The fourth-order valence-electron chi connectivity index (χ4n) is 3.74. The number of hydrogen-bond acceptors (Lipinski definition) is 8. The van der Waals surface area contributed by atoms with Crippen LogP contribution in [0.3, 0.4) is 0 Å². The molecule has 4 N–H and O–H groups in total. The van der Waals surface area contributed by atoms with E-state index in [2.05, 4.69) is 21.2 Å². The van der Waals surface area contributed by atoms with Crippen LogP contribution in [-0.4, -0.2) is 53.0 Å². The lowest BCUT2D eigenvalue weighted by Crippen LogP contribution is -2.49. The Morgan fingerprint density at radius 2 is 2.00 bits per heavy atom. The largest absolute Gasteiger partial charge is 0.490 e. The van der Waals surface area contributed by atoms with Gasteiger partial charge in [0.05, 0.1) is 16.2 Å². The van der Waals surface area contributed by atoms with Crippen molar-refractivity contribution in [2.24, 2.45) is 11.0 Å². The highest BCUT2D eigenvalue weighted by atomic mass is 16.6. The summed E-state index contributed by atoms with van der Waals surface area (Å²) < 4.78 is 5.62. The standard InChI is InChI=1S/C25H33N5O5/c1-16-12-23(32)28-29-24(16)18-8-10-19(11-9-18)26-15-25(3,4)27-13-20(31)14-35-22-7-5-6-21(17(22)2)30(33)34/h5-11,16,20,26-27,31H,12-15H2,1-4H3,(H,28,32)/t16-,20-/m0/s1. The molecule has 0 unspecified atom stereocenters. The number of benzene rings is 2. The maximum Gasteiger partial charge on any atom is 0.276 e. The number of rotatable bonds is 11. The predicted octanol–water partition coefficient (Wildman–Crippen LogP) is 2.98. The van der Waals surface area contributed by atoms with Gasteiger partial charge in [-0.2, -0.15) is 5.10 Å². The minimum absolute atomic E-state index is 0.0108. The van der Waals surface area contributed by atoms with Crippen molar-refractivity contribution in [3.63, 3.8) is 0 Å². The summed E-state index contributed by atoms with van der Waals surface area (Å²) in [4.78, 5) is 22.1. The molecule has 2 aromatic rings. The molecule has 0 aromatic heterocycles. The van der Waals surface area contributed by atoms with Crippen molar-refractivity contribution >= 4 is 23.0 Å². The number of nitro benzene ring substituents is 1. The highest BCUT2D eigenvalue weighted by Crippen LogP contribution is 2.27. The number of nitrogens with zero attached hydrogens (tertiary/aromatic N) is 2. The van der Waals surface area contributed by atoms with Gasteiger partial charge in [0.1, 0.15) is 18.5 Å². The zero-order valence-corrected chi connectivity index (χ0v) is 20.5. The van der Waals surface area contributed by atoms with E-state index in [1.165, 1.54) is 6.07 Å². The number of nitrogens with one attached hydrogen (secondary N) is 3. The van der Waals surface area contributed by atoms with Crippen molar-refractivity contribution in [1.29, 1.82) is 0 Å². The van der Waals surface area contributed by atoms with Crippen LogP contribution < -0.4 is 20.8 Å². The third-order valence-corrected chi connectivity index (χ3v) is 5.87. The van der Waals surface area contributed by atoms with Crippen LogP contribution in [-0.2, 0) is 4.79 Å². The van der Waals surface area contributed by atoms with Gasteiger partial charge in [-0.1, -0.05) is 25.1 Å². The van der Waals surface area contributed by atoms with Crippen LogP contribution in [0.5, 0.6) is 5.75 Å². The van der Waals surface area contributed by atoms with Crippen LogP contribution in [0.15, 0.2) is 47.6 Å². The van der Waals surface area contributed by atoms with Crippen LogP contribution in [0.2, 0.25) is 0 Å². The second-order valence-electron chi connectivity index (χ2n) is 9.46. The molecule has 0 spiro atoms. The molecule has 10 nitrogen and oxygen atoms in total. The van der Waals surface area contributed by atoms with Crippen LogP contribution in [0.1, 0.15) is 38.3 Å². The van der Waals surface area contributed by atoms with E-state index in [-0.39, 0.29) is 29.7 Å². The van der Waals surface area contributed by atoms with E-state index in [0.29, 0.717) is 30.8 Å². The number of carbonyl (C=O) groups excluding carboxylic acids is 1. The van der Waals surface area contributed by atoms with E-state index >= 15 is 0 Å². The highest BCUT2D eigenvalue weighted by molar-refractivity contribution is 6.05. The van der Waals surface area contributed by atoms with Gasteiger partial charge >= 0.3 is 0 Å². The Balaban J connectivity index is 1.46. The number of aliphatic hydroxyl groups excluding tert-OH is 1. The van der Waals surface area contributed by atoms with Gasteiger partial charge in [0.2, 0.25) is 5.91 Å². The van der Waals surface area contributed by atoms with Gasteiger partial charge < -0.3 is 20.5 Å². The van der Waals surface area contributed by atoms with Crippen LogP contribution in [0.25, 0.3) is 0 Å². The molecule has 0 saturated carbocycles. The molecule has 2 atom stereocenters. The topological polar surface area (TPSA) is 138 Å². The molecule has 1 aliphatic rings. The first-order valence-electron chi connectivity index (χ1n) is 11.6. The Morgan fingerprint density at radius 3 is 2.66 bits per heavy atom. The summed E-state index contributed by atoms with van der Waals surface area (Å²) in [5, 5.41) is 32.3. The Morgan fingerprint density at radius 1 is 1.29 bits per heavy atom. The SMILES string of the molecule is Cc1c(OC[C@@H](O)CNC(C)(C)CNc2ccc(C3=NNC(=O)C[C@@H]3C)cc2)cccc1[N+](=O)[O-]. The maximum absolute atomic E-state index is 11.4. The molecule has 0 aliphatic carbocycles. The normalized spacial score (nSPS) is 16.8. The van der Waals surface area contributed by atoms with E-state index in [1.807, 2.05) is 45.0 Å². The van der Waals surface area contributed by atoms with Crippen molar-refractivity contribution in [3.05, 3.63) is 63.7 Å². The van der Waals surface area contributed by atoms with Crippen LogP contribution >= 0.6 is 0 Å². The molecule has 3 rings (SSSR count). The van der Waals surface area contributed by atoms with Gasteiger partial charge in [-0.05, 0) is 44.5 Å². The number of anilines is 1. The van der Waals surface area contributed by atoms with E-state index in [4.69, 9.17) is 4.74 Å². The number of aliphatic hydroxyl groups is 1. The van der Waals surface area contributed by atoms with Gasteiger partial charge in [-0.15, -0.1) is 0 Å². The van der Waals surface area contributed by atoms with Crippen molar-refractivity contribution in [1.82, 2.24) is 10.7 Å². The molecule has 35 heavy (non-hydrogen) atoms. The summed E-state index contributed by atoms with van der Waals surface area (Å²) in [6, 6.07) is 12.5. The first-order valence-corrected chi connectivity index (χ1v) is 11.6. The number of amides is 1. The van der Waals surface area contributed by atoms with Gasteiger partial charge in [0.25, 0.3) is 5.69 Å². The number of hydrazone groups is 1. The van der Waals surface area contributed by atoms with Crippen molar-refractivity contribution in [2.75, 3.05) is 25.0 Å². The molecule has 1 heterocycles. The Hall–Kier alpha value is -3.50. The van der Waals surface area contributed by atoms with Gasteiger partial charge in [-0.25, -0.2) is 5.43 Å². The smallest absolute Gasteiger partial charge is 0.276 e. The van der Waals surface area contributed by atoms with Gasteiger partial charge in [-0.3, -0.25) is 14.9 Å². The Kier molecular flexibility index (Phi) is 8.42. The number of β-amino-alcohol motifs (C(OH)–C–C–N with tert-alkyl or cyclic N) is 1. The Labute approximate surface area is 204 Å². The lowest BCUT2D eigenvalue weighted by molar-refractivity contribution is -0.385. The lowest BCUT2D eigenvalue weighted by Gasteiger charge is -2.28. The fraction of sp³-hybridized carbons (Fsp3) is 0.440. The van der Waals surface area contributed by atoms with Crippen LogP contribution in [0.4, 0.5) is 11.4 Å². The average molecular weight is 484 g/mol. The molecule has 2 aromatic carbocycles. The third kappa shape index (κ3) is 7.24. The number of hydrogen-bond donors (Lipinski definition) is 4. The molecule has 1 aliphatic heterocycles. The number of nitro groups is 1. The fourth-order valence-corrected chi connectivity index (χ4v) is 3.74. The summed E-state index contributed by atoms with van der Waals surface area (Å²) in [7, 11) is 0. The second kappa shape index (κ2) is 11.3. The van der Waals surface area contributed by atoms with E-state index < -0.39 is 11.0 Å². The van der Waals surface area contributed by atoms with E-state index in [1.54, 1.807) is 19.1 Å². The monoisotopic (exact) mass is 483 g/mol. The molecule has 188 valence electrons. The van der Waals surface area contributed by atoms with E-state index in [9.17, 15) is 20.0 Å². The minimum atomic E-state index is -0.786. The first-order chi connectivity index (χ1) is 16.6. The average Bonchev–Trinajstić information content (AvgIpc) is 2.81. The van der Waals surface area contributed by atoms with Gasteiger partial charge in [0.15, 0.2) is 0 Å². The quantitative estimate of drug-likeness (QED) is 0.285. The minimum Gasteiger partial charge on any atom is -0.490 e. The molecule has 1 amide bonds. The molecular formula is C25H33N5O5. The van der Waals surface area contributed by atoms with Gasteiger partial charge in [0, 0.05) is 42.7 Å². The molecule has 0 fully saturated rings. The van der Waals surface area contributed by atoms with E-state index in [0.717, 1.165) is 17.0 Å². The number of carbonyl (C=O) groups is 1. The molecule has 0 saturated heterocycles. The first kappa shape index (κ1) is 26.1. The predicted molar refractivity (Wildman–Crippen MR) is 135 cm³/mol. The summed E-state index contributed by atoms with van der Waals surface area (Å²) in [5.41, 5.74) is 5.43. The zero-order chi connectivity index (χ0) is 25.6. The molecule has 10 heteroatoms. The summed E-state index contributed by atoms with van der Waals surface area (Å²) in [5.74, 6) is 0.394. The van der Waals surface area contributed by atoms with Crippen LogP contribution in [0, 0.1) is 23.0 Å². The molecular weight excluding hydrogens is 450 g/mol. The third-order valence-electron chi connectivity index (χ3n) is 5.87. The van der Waals surface area contributed by atoms with Crippen molar-refractivity contribution in [3.8, 4) is 5.75 Å². The Bertz CT molecular complexity index is 1080. The highest BCUT2D eigenvalue weighted by Gasteiger charge is 2.22. The number of ether oxygens (including phenoxy) is 1. The van der Waals surface area contributed by atoms with Crippen molar-refractivity contribution < 1.29 is 19.6 Å². The second-order valence-corrected chi connectivity index (χ2v) is 9.46. The molecule has 0 radical (unpaired) electrons. The molecule has 0 bridgehead atoms. The lowest BCUT2D eigenvalue weighted by atomic mass is 9.94. The van der Waals surface area contributed by atoms with Crippen molar-refractivity contribution in [2.45, 2.75) is 45.8 Å². The summed E-state index contributed by atoms with van der Waals surface area (Å²) in [6.07, 6.45) is -0.355. The maximum atomic E-state index is 11.4. The summed E-state index contributed by atoms with van der Waals surface area (Å²) >= 11 is 0. The zero-order valence-electron chi connectivity index (χ0n) is 20.5.